The first-order valence-corrected chi connectivity index (χ1v) is 15.1. The molecule has 4 saturated heterocycles. The van der Waals surface area contributed by atoms with E-state index in [1.54, 1.807) is 0 Å². The lowest BCUT2D eigenvalue weighted by Gasteiger charge is -2.52. The number of carbonyl (C=O) groups excluding carboxylic acids is 1. The van der Waals surface area contributed by atoms with Crippen molar-refractivity contribution < 1.29 is 27.4 Å². The zero-order chi connectivity index (χ0) is 27.4. The van der Waals surface area contributed by atoms with Gasteiger partial charge in [-0.05, 0) is 70.3 Å². The topological polar surface area (TPSA) is 69.3 Å². The van der Waals surface area contributed by atoms with Crippen molar-refractivity contribution in [2.45, 2.75) is 76.4 Å². The number of nitrogens with one attached hydrogen (secondary N) is 2. The van der Waals surface area contributed by atoms with Crippen LogP contribution in [-0.2, 0) is 14.3 Å². The highest BCUT2D eigenvalue weighted by Gasteiger charge is 2.58. The van der Waals surface area contributed by atoms with E-state index in [1.807, 2.05) is 11.8 Å². The van der Waals surface area contributed by atoms with Crippen molar-refractivity contribution in [2.24, 2.45) is 35.0 Å². The molecule has 2 saturated carbocycles. The Balaban J connectivity index is 1.14. The van der Waals surface area contributed by atoms with E-state index in [0.717, 1.165) is 65.1 Å². The number of hydrazine groups is 1. The van der Waals surface area contributed by atoms with Crippen molar-refractivity contribution in [2.75, 3.05) is 59.7 Å². The summed E-state index contributed by atoms with van der Waals surface area (Å²) in [5.74, 6) is -2.20. The van der Waals surface area contributed by atoms with Crippen molar-refractivity contribution in [1.29, 1.82) is 0 Å². The minimum atomic E-state index is -4.27. The molecule has 0 spiro atoms. The van der Waals surface area contributed by atoms with E-state index < -0.39 is 23.9 Å². The SMILES string of the molecule is C[C@@H]1CN(CC2CC3C(=O)N(C4CCCC(C5(CC6NNCN6C)COC5)C4)CC3C(C(F)(F)F)C2)CCO1. The second-order valence-electron chi connectivity index (χ2n) is 13.5. The Morgan fingerprint density at radius 2 is 1.95 bits per heavy atom. The molecule has 11 heteroatoms. The summed E-state index contributed by atoms with van der Waals surface area (Å²) in [5, 5.41) is 0. The number of hydrogen-bond acceptors (Lipinski definition) is 7. The summed E-state index contributed by atoms with van der Waals surface area (Å²) in [5.41, 5.74) is 6.65. The third-order valence-corrected chi connectivity index (χ3v) is 10.9. The Kier molecular flexibility index (Phi) is 7.96. The largest absolute Gasteiger partial charge is 0.392 e. The Morgan fingerprint density at radius 1 is 1.13 bits per heavy atom. The number of likely N-dealkylation sites (tertiary alicyclic amines) is 1. The number of fused-ring (bicyclic) bond motifs is 1. The van der Waals surface area contributed by atoms with E-state index in [0.29, 0.717) is 25.5 Å². The number of nitrogens with zero attached hydrogens (tertiary/aromatic N) is 3. The fraction of sp³-hybridized carbons (Fsp3) is 0.964. The van der Waals surface area contributed by atoms with E-state index in [-0.39, 0.29) is 48.5 Å². The van der Waals surface area contributed by atoms with Crippen LogP contribution in [0.2, 0.25) is 0 Å². The van der Waals surface area contributed by atoms with Crippen LogP contribution in [0.25, 0.3) is 0 Å². The van der Waals surface area contributed by atoms with Gasteiger partial charge in [-0.25, -0.2) is 10.9 Å². The summed E-state index contributed by atoms with van der Waals surface area (Å²) in [4.78, 5) is 20.2. The summed E-state index contributed by atoms with van der Waals surface area (Å²) in [6.45, 7) is 7.29. The van der Waals surface area contributed by atoms with Crippen LogP contribution in [0.3, 0.4) is 0 Å². The standard InChI is InChI=1S/C28H46F3N5O3/c1-18-12-35(6-7-39-18)13-19-8-22-23(24(9-19)28(29,30)31)14-36(26(22)37)21-5-3-4-20(10-21)27(15-38-16-27)11-25-33-32-17-34(25)2/h18-25,32-33H,3-17H2,1-2H3/t18-,19?,20?,21?,22?,23?,24?,25?/m1/s1. The average Bonchev–Trinajstić information content (AvgIpc) is 3.43. The average molecular weight is 558 g/mol. The molecule has 8 nitrogen and oxygen atoms in total. The van der Waals surface area contributed by atoms with Crippen molar-refractivity contribution in [3.8, 4) is 0 Å². The van der Waals surface area contributed by atoms with Crippen molar-refractivity contribution in [3.63, 3.8) is 0 Å². The summed E-state index contributed by atoms with van der Waals surface area (Å²) in [6, 6.07) is 0.0409. The smallest absolute Gasteiger partial charge is 0.380 e. The van der Waals surface area contributed by atoms with Crippen LogP contribution >= 0.6 is 0 Å². The highest BCUT2D eigenvalue weighted by molar-refractivity contribution is 5.82. The lowest BCUT2D eigenvalue weighted by atomic mass is 9.64. The van der Waals surface area contributed by atoms with Crippen LogP contribution in [0.15, 0.2) is 0 Å². The highest BCUT2D eigenvalue weighted by Crippen LogP contribution is 2.53. The van der Waals surface area contributed by atoms with Gasteiger partial charge in [0.2, 0.25) is 5.91 Å². The minimum absolute atomic E-state index is 0.0137. The van der Waals surface area contributed by atoms with Gasteiger partial charge in [0.25, 0.3) is 0 Å². The third kappa shape index (κ3) is 5.60. The zero-order valence-corrected chi connectivity index (χ0v) is 23.4. The molecule has 2 aliphatic carbocycles. The lowest BCUT2D eigenvalue weighted by molar-refractivity contribution is -0.204. The Bertz CT molecular complexity index is 889. The number of rotatable bonds is 6. The van der Waals surface area contributed by atoms with Crippen LogP contribution in [-0.4, -0.2) is 105 Å². The number of carbonyl (C=O) groups is 1. The Hall–Kier alpha value is -0.980. The molecule has 222 valence electrons. The van der Waals surface area contributed by atoms with E-state index in [1.165, 1.54) is 0 Å². The quantitative estimate of drug-likeness (QED) is 0.521. The van der Waals surface area contributed by atoms with Crippen molar-refractivity contribution in [3.05, 3.63) is 0 Å². The summed E-state index contributed by atoms with van der Waals surface area (Å²) in [7, 11) is 2.10. The fourth-order valence-corrected chi connectivity index (χ4v) is 8.78. The minimum Gasteiger partial charge on any atom is -0.380 e. The molecule has 8 atom stereocenters. The molecule has 0 aromatic carbocycles. The summed E-state index contributed by atoms with van der Waals surface area (Å²) >= 11 is 0. The summed E-state index contributed by atoms with van der Waals surface area (Å²) in [6.07, 6.45) is 1.66. The second kappa shape index (κ2) is 11.0. The molecule has 6 fully saturated rings. The molecule has 7 unspecified atom stereocenters. The molecule has 6 aliphatic rings. The van der Waals surface area contributed by atoms with E-state index >= 15 is 0 Å². The molecule has 1 amide bonds. The molecule has 2 N–H and O–H groups in total. The van der Waals surface area contributed by atoms with Gasteiger partial charge >= 0.3 is 6.18 Å². The first-order chi connectivity index (χ1) is 18.6. The second-order valence-corrected chi connectivity index (χ2v) is 13.5. The van der Waals surface area contributed by atoms with Crippen LogP contribution in [0, 0.1) is 35.0 Å². The molecule has 0 bridgehead atoms. The van der Waals surface area contributed by atoms with Crippen molar-refractivity contribution >= 4 is 5.91 Å². The number of amides is 1. The maximum Gasteiger partial charge on any atom is 0.392 e. The van der Waals surface area contributed by atoms with Gasteiger partial charge < -0.3 is 14.4 Å². The molecule has 0 radical (unpaired) electrons. The van der Waals surface area contributed by atoms with Crippen molar-refractivity contribution in [1.82, 2.24) is 25.6 Å². The molecule has 39 heavy (non-hydrogen) atoms. The highest BCUT2D eigenvalue weighted by atomic mass is 19.4. The fourth-order valence-electron chi connectivity index (χ4n) is 8.78. The number of ether oxygens (including phenoxy) is 2. The van der Waals surface area contributed by atoms with Gasteiger partial charge in [-0.15, -0.1) is 0 Å². The summed E-state index contributed by atoms with van der Waals surface area (Å²) < 4.78 is 54.6. The Morgan fingerprint density at radius 3 is 2.62 bits per heavy atom. The van der Waals surface area contributed by atoms with Gasteiger partial charge in [0.15, 0.2) is 0 Å². The molecule has 4 heterocycles. The van der Waals surface area contributed by atoms with Crippen LogP contribution in [0.4, 0.5) is 13.2 Å². The van der Waals surface area contributed by atoms with Gasteiger partial charge in [-0.2, -0.15) is 13.2 Å². The molecular formula is C28H46F3N5O3. The molecule has 0 aromatic heterocycles. The van der Waals surface area contributed by atoms with Crippen LogP contribution in [0.5, 0.6) is 0 Å². The number of hydrogen-bond donors (Lipinski definition) is 2. The van der Waals surface area contributed by atoms with Crippen LogP contribution in [0.1, 0.15) is 51.9 Å². The van der Waals surface area contributed by atoms with E-state index in [9.17, 15) is 18.0 Å². The first-order valence-electron chi connectivity index (χ1n) is 15.1. The number of morpholine rings is 1. The third-order valence-electron chi connectivity index (χ3n) is 10.9. The first kappa shape index (κ1) is 28.2. The molecular weight excluding hydrogens is 511 g/mol. The van der Waals surface area contributed by atoms with Gasteiger partial charge in [0.05, 0.1) is 44.7 Å². The number of alkyl halides is 3. The predicted molar refractivity (Wildman–Crippen MR) is 139 cm³/mol. The Labute approximate surface area is 230 Å². The molecule has 6 rings (SSSR count). The van der Waals surface area contributed by atoms with Gasteiger partial charge in [-0.3, -0.25) is 14.6 Å². The van der Waals surface area contributed by atoms with E-state index in [2.05, 4.69) is 27.7 Å². The van der Waals surface area contributed by atoms with Gasteiger partial charge in [0, 0.05) is 43.6 Å². The monoisotopic (exact) mass is 557 g/mol. The van der Waals surface area contributed by atoms with Gasteiger partial charge in [0.1, 0.15) is 0 Å². The molecule has 4 aliphatic heterocycles. The molecule has 0 aromatic rings. The lowest BCUT2D eigenvalue weighted by Crippen LogP contribution is -2.56. The maximum absolute atomic E-state index is 14.4. The predicted octanol–water partition coefficient (Wildman–Crippen LogP) is 2.66. The van der Waals surface area contributed by atoms with E-state index in [4.69, 9.17) is 9.47 Å². The normalized spacial score (nSPS) is 42.0. The van der Waals surface area contributed by atoms with Gasteiger partial charge in [-0.1, -0.05) is 6.42 Å². The van der Waals surface area contributed by atoms with Crippen LogP contribution < -0.4 is 10.9 Å². The number of halogens is 3. The maximum atomic E-state index is 14.4. The zero-order valence-electron chi connectivity index (χ0n) is 23.4.